The number of hydrogen-bond donors (Lipinski definition) is 2. The van der Waals surface area contributed by atoms with Crippen LogP contribution in [0.1, 0.15) is 35.5 Å². The highest BCUT2D eigenvalue weighted by molar-refractivity contribution is 6.31. The topological polar surface area (TPSA) is 76.0 Å². The van der Waals surface area contributed by atoms with Gasteiger partial charge in [0.25, 0.3) is 5.91 Å². The number of nitrogens with zero attached hydrogens (tertiary/aromatic N) is 2. The Hall–Kier alpha value is -2.34. The Labute approximate surface area is 151 Å². The molecule has 1 aliphatic rings. The zero-order valence-corrected chi connectivity index (χ0v) is 15.3. The summed E-state index contributed by atoms with van der Waals surface area (Å²) in [6, 6.07) is 5.33. The molecule has 2 heterocycles. The van der Waals surface area contributed by atoms with Crippen LogP contribution in [0.25, 0.3) is 0 Å². The predicted molar refractivity (Wildman–Crippen MR) is 96.9 cm³/mol. The second kappa shape index (κ2) is 6.52. The number of rotatable bonds is 3. The predicted octanol–water partition coefficient (Wildman–Crippen LogP) is 2.80. The van der Waals surface area contributed by atoms with Gasteiger partial charge in [-0.25, -0.2) is 0 Å². The van der Waals surface area contributed by atoms with E-state index in [4.69, 9.17) is 11.6 Å². The standard InChI is InChI=1S/C18H21ClN4O2/c1-11-4-5-12(19)6-14(11)21-16(24)9-23-8-13-15(22-23)7-18(2,3)10-20-17(13)25/h4-6,8H,7,9-10H2,1-3H3,(H,20,25)(H,21,24). The lowest BCUT2D eigenvalue weighted by molar-refractivity contribution is -0.116. The summed E-state index contributed by atoms with van der Waals surface area (Å²) in [5, 5.41) is 10.7. The smallest absolute Gasteiger partial charge is 0.254 e. The molecule has 25 heavy (non-hydrogen) atoms. The van der Waals surface area contributed by atoms with E-state index in [2.05, 4.69) is 29.6 Å². The highest BCUT2D eigenvalue weighted by Gasteiger charge is 2.29. The summed E-state index contributed by atoms with van der Waals surface area (Å²) in [6.45, 7) is 6.70. The van der Waals surface area contributed by atoms with Crippen LogP contribution in [0.2, 0.25) is 5.02 Å². The van der Waals surface area contributed by atoms with Gasteiger partial charge in [-0.2, -0.15) is 5.10 Å². The van der Waals surface area contributed by atoms with Crippen molar-refractivity contribution in [3.05, 3.63) is 46.2 Å². The molecule has 3 rings (SSSR count). The van der Waals surface area contributed by atoms with Crippen LogP contribution >= 0.6 is 11.6 Å². The van der Waals surface area contributed by atoms with Crippen molar-refractivity contribution in [3.63, 3.8) is 0 Å². The minimum Gasteiger partial charge on any atom is -0.351 e. The summed E-state index contributed by atoms with van der Waals surface area (Å²) in [6.07, 6.45) is 2.32. The van der Waals surface area contributed by atoms with E-state index in [1.807, 2.05) is 13.0 Å². The second-order valence-electron chi connectivity index (χ2n) is 7.22. The zero-order chi connectivity index (χ0) is 18.2. The Bertz CT molecular complexity index is 842. The first kappa shape index (κ1) is 17.5. The number of aromatic nitrogens is 2. The monoisotopic (exact) mass is 360 g/mol. The van der Waals surface area contributed by atoms with Gasteiger partial charge in [0.05, 0.1) is 11.3 Å². The summed E-state index contributed by atoms with van der Waals surface area (Å²) in [7, 11) is 0. The van der Waals surface area contributed by atoms with Crippen molar-refractivity contribution >= 4 is 29.1 Å². The molecule has 1 aliphatic heterocycles. The average molecular weight is 361 g/mol. The van der Waals surface area contributed by atoms with Crippen LogP contribution < -0.4 is 10.6 Å². The largest absolute Gasteiger partial charge is 0.351 e. The number of nitrogens with one attached hydrogen (secondary N) is 2. The van der Waals surface area contributed by atoms with E-state index in [1.54, 1.807) is 18.3 Å². The molecule has 0 saturated carbocycles. The van der Waals surface area contributed by atoms with Gasteiger partial charge in [0, 0.05) is 23.5 Å². The Morgan fingerprint density at radius 2 is 2.20 bits per heavy atom. The molecule has 0 spiro atoms. The maximum Gasteiger partial charge on any atom is 0.254 e. The minimum absolute atomic E-state index is 0.0344. The Morgan fingerprint density at radius 3 is 2.96 bits per heavy atom. The van der Waals surface area contributed by atoms with Gasteiger partial charge in [-0.15, -0.1) is 0 Å². The highest BCUT2D eigenvalue weighted by Crippen LogP contribution is 2.25. The van der Waals surface area contributed by atoms with Crippen molar-refractivity contribution < 1.29 is 9.59 Å². The molecule has 1 aromatic carbocycles. The van der Waals surface area contributed by atoms with Crippen LogP contribution in [0.5, 0.6) is 0 Å². The van der Waals surface area contributed by atoms with Crippen molar-refractivity contribution in [2.75, 3.05) is 11.9 Å². The summed E-state index contributed by atoms with van der Waals surface area (Å²) in [5.41, 5.74) is 2.80. The molecule has 2 aromatic rings. The zero-order valence-electron chi connectivity index (χ0n) is 14.5. The van der Waals surface area contributed by atoms with E-state index in [-0.39, 0.29) is 23.8 Å². The van der Waals surface area contributed by atoms with Gasteiger partial charge >= 0.3 is 0 Å². The van der Waals surface area contributed by atoms with Gasteiger partial charge < -0.3 is 10.6 Å². The molecular weight excluding hydrogens is 340 g/mol. The number of benzene rings is 1. The molecule has 2 N–H and O–H groups in total. The SMILES string of the molecule is Cc1ccc(Cl)cc1NC(=O)Cn1cc2c(n1)CC(C)(C)CNC2=O. The number of amides is 2. The number of carbonyl (C=O) groups is 2. The third-order valence-corrected chi connectivity index (χ3v) is 4.47. The molecular formula is C18H21ClN4O2. The Kier molecular flexibility index (Phi) is 4.56. The first-order valence-corrected chi connectivity index (χ1v) is 8.52. The number of halogens is 1. The van der Waals surface area contributed by atoms with E-state index in [0.29, 0.717) is 29.2 Å². The number of carbonyl (C=O) groups excluding carboxylic acids is 2. The van der Waals surface area contributed by atoms with Crippen LogP contribution in [-0.2, 0) is 17.8 Å². The van der Waals surface area contributed by atoms with Crippen molar-refractivity contribution in [2.24, 2.45) is 5.41 Å². The fourth-order valence-electron chi connectivity index (χ4n) is 2.86. The van der Waals surface area contributed by atoms with Crippen LogP contribution in [0.15, 0.2) is 24.4 Å². The first-order chi connectivity index (χ1) is 11.7. The van der Waals surface area contributed by atoms with Crippen molar-refractivity contribution in [1.82, 2.24) is 15.1 Å². The second-order valence-corrected chi connectivity index (χ2v) is 7.65. The van der Waals surface area contributed by atoms with Gasteiger partial charge in [0.1, 0.15) is 6.54 Å². The first-order valence-electron chi connectivity index (χ1n) is 8.14. The quantitative estimate of drug-likeness (QED) is 0.883. The van der Waals surface area contributed by atoms with Crippen LogP contribution in [0.4, 0.5) is 5.69 Å². The maximum atomic E-state index is 12.3. The molecule has 2 amide bonds. The Morgan fingerprint density at radius 1 is 1.44 bits per heavy atom. The molecule has 0 atom stereocenters. The third-order valence-electron chi connectivity index (χ3n) is 4.24. The third kappa shape index (κ3) is 4.02. The van der Waals surface area contributed by atoms with Crippen molar-refractivity contribution in [1.29, 1.82) is 0 Å². The van der Waals surface area contributed by atoms with E-state index >= 15 is 0 Å². The van der Waals surface area contributed by atoms with Gasteiger partial charge in [-0.1, -0.05) is 31.5 Å². The van der Waals surface area contributed by atoms with Gasteiger partial charge in [0.2, 0.25) is 5.91 Å². The molecule has 0 bridgehead atoms. The molecule has 0 unspecified atom stereocenters. The molecule has 132 valence electrons. The van der Waals surface area contributed by atoms with Gasteiger partial charge in [-0.3, -0.25) is 14.3 Å². The van der Waals surface area contributed by atoms with Gasteiger partial charge in [-0.05, 0) is 36.5 Å². The number of hydrogen-bond acceptors (Lipinski definition) is 3. The maximum absolute atomic E-state index is 12.3. The Balaban J connectivity index is 1.76. The average Bonchev–Trinajstić information content (AvgIpc) is 2.85. The van der Waals surface area contributed by atoms with Gasteiger partial charge in [0.15, 0.2) is 0 Å². The van der Waals surface area contributed by atoms with E-state index in [0.717, 1.165) is 11.3 Å². The minimum atomic E-state index is -0.220. The van der Waals surface area contributed by atoms with Crippen LogP contribution in [-0.4, -0.2) is 28.1 Å². The van der Waals surface area contributed by atoms with Crippen molar-refractivity contribution in [3.8, 4) is 0 Å². The number of anilines is 1. The van der Waals surface area contributed by atoms with E-state index in [9.17, 15) is 9.59 Å². The molecule has 0 aliphatic carbocycles. The van der Waals surface area contributed by atoms with Crippen LogP contribution in [0.3, 0.4) is 0 Å². The lowest BCUT2D eigenvalue weighted by Gasteiger charge is -2.21. The fourth-order valence-corrected chi connectivity index (χ4v) is 3.03. The van der Waals surface area contributed by atoms with E-state index in [1.165, 1.54) is 4.68 Å². The summed E-state index contributed by atoms with van der Waals surface area (Å²) in [5.74, 6) is -0.361. The lowest BCUT2D eigenvalue weighted by atomic mass is 9.88. The molecule has 0 fully saturated rings. The normalized spacial score (nSPS) is 15.9. The molecule has 1 aromatic heterocycles. The molecule has 6 nitrogen and oxygen atoms in total. The molecule has 0 saturated heterocycles. The van der Waals surface area contributed by atoms with Crippen LogP contribution in [0, 0.1) is 12.3 Å². The molecule has 0 radical (unpaired) electrons. The summed E-state index contributed by atoms with van der Waals surface area (Å²) >= 11 is 5.97. The van der Waals surface area contributed by atoms with Crippen molar-refractivity contribution in [2.45, 2.75) is 33.7 Å². The summed E-state index contributed by atoms with van der Waals surface area (Å²) in [4.78, 5) is 24.5. The number of fused-ring (bicyclic) bond motifs is 1. The van der Waals surface area contributed by atoms with E-state index < -0.39 is 0 Å². The summed E-state index contributed by atoms with van der Waals surface area (Å²) < 4.78 is 1.51. The lowest BCUT2D eigenvalue weighted by Crippen LogP contribution is -2.32. The number of aryl methyl sites for hydroxylation is 1. The fraction of sp³-hybridized carbons (Fsp3) is 0.389. The highest BCUT2D eigenvalue weighted by atomic mass is 35.5. The molecule has 7 heteroatoms.